The number of amides is 1. The molecule has 1 fully saturated rings. The number of rotatable bonds is 7. The Bertz CT molecular complexity index is 988. The smallest absolute Gasteiger partial charge is 0.311 e. The number of nitro groups is 1. The molecule has 0 aliphatic carbocycles. The second-order valence-corrected chi connectivity index (χ2v) is 7.32. The van der Waals surface area contributed by atoms with Crippen molar-refractivity contribution in [2.75, 3.05) is 13.2 Å². The molecule has 1 heterocycles. The number of ether oxygens (including phenoxy) is 1. The number of carbonyl (C=O) groups excluding carboxylic acids is 3. The Kier molecular flexibility index (Phi) is 6.25. The van der Waals surface area contributed by atoms with Gasteiger partial charge in [-0.05, 0) is 19.4 Å². The van der Waals surface area contributed by atoms with Gasteiger partial charge in [0.15, 0.2) is 6.61 Å². The molecule has 30 heavy (non-hydrogen) atoms. The van der Waals surface area contributed by atoms with Crippen LogP contribution >= 0.6 is 0 Å². The summed E-state index contributed by atoms with van der Waals surface area (Å²) in [4.78, 5) is 49.2. The van der Waals surface area contributed by atoms with E-state index in [2.05, 4.69) is 0 Å². The van der Waals surface area contributed by atoms with E-state index in [9.17, 15) is 24.5 Å². The van der Waals surface area contributed by atoms with Crippen LogP contribution in [-0.2, 0) is 14.3 Å². The first-order chi connectivity index (χ1) is 14.3. The van der Waals surface area contributed by atoms with Crippen molar-refractivity contribution in [1.82, 2.24) is 4.90 Å². The second-order valence-electron chi connectivity index (χ2n) is 7.32. The van der Waals surface area contributed by atoms with Gasteiger partial charge < -0.3 is 9.64 Å². The van der Waals surface area contributed by atoms with Crippen LogP contribution in [0, 0.1) is 23.0 Å². The summed E-state index contributed by atoms with van der Waals surface area (Å²) in [6.07, 6.45) is 0.0280. The lowest BCUT2D eigenvalue weighted by atomic mass is 10.1. The fraction of sp³-hybridized carbons (Fsp3) is 0.318. The maximum atomic E-state index is 12.4. The number of ketones is 1. The highest BCUT2D eigenvalue weighted by atomic mass is 16.6. The molecule has 8 heteroatoms. The average Bonchev–Trinajstić information content (AvgIpc) is 3.13. The fourth-order valence-corrected chi connectivity index (χ4v) is 3.49. The molecule has 0 aromatic heterocycles. The monoisotopic (exact) mass is 410 g/mol. The molecule has 2 aromatic carbocycles. The van der Waals surface area contributed by atoms with E-state index >= 15 is 0 Å². The third-order valence-electron chi connectivity index (χ3n) is 5.31. The lowest BCUT2D eigenvalue weighted by Gasteiger charge is -2.25. The second kappa shape index (κ2) is 8.86. The van der Waals surface area contributed by atoms with Gasteiger partial charge in [-0.25, -0.2) is 0 Å². The minimum Gasteiger partial charge on any atom is -0.457 e. The molecular formula is C22H22N2O6. The Morgan fingerprint density at radius 2 is 1.93 bits per heavy atom. The average molecular weight is 410 g/mol. The van der Waals surface area contributed by atoms with Gasteiger partial charge in [0.25, 0.3) is 5.69 Å². The molecule has 1 amide bonds. The van der Waals surface area contributed by atoms with Crippen molar-refractivity contribution in [3.8, 4) is 0 Å². The number of carbonyl (C=O) groups is 3. The zero-order chi connectivity index (χ0) is 21.8. The van der Waals surface area contributed by atoms with E-state index in [4.69, 9.17) is 4.74 Å². The summed E-state index contributed by atoms with van der Waals surface area (Å²) in [5.74, 6) is -1.95. The van der Waals surface area contributed by atoms with Gasteiger partial charge in [-0.2, -0.15) is 0 Å². The molecule has 1 saturated heterocycles. The van der Waals surface area contributed by atoms with Crippen LogP contribution in [0.3, 0.4) is 0 Å². The molecule has 0 N–H and O–H groups in total. The quantitative estimate of drug-likeness (QED) is 0.300. The van der Waals surface area contributed by atoms with Gasteiger partial charge in [0.1, 0.15) is 0 Å². The first kappa shape index (κ1) is 21.2. The highest BCUT2D eigenvalue weighted by Gasteiger charge is 2.38. The minimum atomic E-state index is -0.649. The van der Waals surface area contributed by atoms with Crippen molar-refractivity contribution in [1.29, 1.82) is 0 Å². The van der Waals surface area contributed by atoms with E-state index in [1.165, 1.54) is 18.2 Å². The standard InChI is InChI=1S/C22H22N2O6/c1-14-8-9-17(10-19(14)24(28)29)20(25)13-30-22(27)18-11-21(26)23(12-18)15(2)16-6-4-3-5-7-16/h3-10,15,18H,11-13H2,1-2H3/t15-,18-/m1/s1. The van der Waals surface area contributed by atoms with Gasteiger partial charge in [0.05, 0.1) is 16.9 Å². The van der Waals surface area contributed by atoms with Gasteiger partial charge in [0, 0.05) is 30.2 Å². The summed E-state index contributed by atoms with van der Waals surface area (Å²) in [7, 11) is 0. The minimum absolute atomic E-state index is 0.0280. The van der Waals surface area contributed by atoms with E-state index in [1.54, 1.807) is 11.8 Å². The van der Waals surface area contributed by atoms with E-state index in [0.29, 0.717) is 5.56 Å². The number of likely N-dealkylation sites (tertiary alicyclic amines) is 1. The molecule has 2 atom stereocenters. The van der Waals surface area contributed by atoms with E-state index in [1.807, 2.05) is 37.3 Å². The molecule has 8 nitrogen and oxygen atoms in total. The van der Waals surface area contributed by atoms with E-state index < -0.39 is 29.2 Å². The number of hydrogen-bond acceptors (Lipinski definition) is 6. The SMILES string of the molecule is Cc1ccc(C(=O)COC(=O)[C@@H]2CC(=O)N([C@H](C)c3ccccc3)C2)cc1[N+](=O)[O-]. The molecular weight excluding hydrogens is 388 g/mol. The molecule has 0 radical (unpaired) electrons. The molecule has 1 aliphatic heterocycles. The van der Waals surface area contributed by atoms with Crippen LogP contribution in [-0.4, -0.2) is 40.6 Å². The summed E-state index contributed by atoms with van der Waals surface area (Å²) >= 11 is 0. The number of aryl methyl sites for hydroxylation is 1. The van der Waals surface area contributed by atoms with Crippen LogP contribution in [0.25, 0.3) is 0 Å². The zero-order valence-corrected chi connectivity index (χ0v) is 16.7. The third kappa shape index (κ3) is 4.53. The molecule has 0 bridgehead atoms. The Morgan fingerprint density at radius 1 is 1.23 bits per heavy atom. The number of nitro benzene ring substituents is 1. The van der Waals surface area contributed by atoms with Crippen LogP contribution in [0.1, 0.15) is 40.9 Å². The van der Waals surface area contributed by atoms with Crippen molar-refractivity contribution < 1.29 is 24.0 Å². The summed E-state index contributed by atoms with van der Waals surface area (Å²) < 4.78 is 5.12. The molecule has 0 saturated carbocycles. The van der Waals surface area contributed by atoms with E-state index in [-0.39, 0.29) is 36.2 Å². The fourth-order valence-electron chi connectivity index (χ4n) is 3.49. The zero-order valence-electron chi connectivity index (χ0n) is 16.7. The van der Waals surface area contributed by atoms with Crippen molar-refractivity contribution in [2.24, 2.45) is 5.92 Å². The highest BCUT2D eigenvalue weighted by molar-refractivity contribution is 5.99. The van der Waals surface area contributed by atoms with Gasteiger partial charge in [-0.15, -0.1) is 0 Å². The predicted octanol–water partition coefficient (Wildman–Crippen LogP) is 3.24. The number of Topliss-reactive ketones (excluding diaryl/α,β-unsaturated/α-hetero) is 1. The molecule has 0 spiro atoms. The Morgan fingerprint density at radius 3 is 2.60 bits per heavy atom. The lowest BCUT2D eigenvalue weighted by Crippen LogP contribution is -2.30. The van der Waals surface area contributed by atoms with Crippen molar-refractivity contribution >= 4 is 23.3 Å². The van der Waals surface area contributed by atoms with Gasteiger partial charge in [-0.1, -0.05) is 42.5 Å². The number of nitrogens with zero attached hydrogens (tertiary/aromatic N) is 2. The Balaban J connectivity index is 1.59. The van der Waals surface area contributed by atoms with Crippen molar-refractivity contribution in [3.63, 3.8) is 0 Å². The topological polar surface area (TPSA) is 107 Å². The molecule has 0 unspecified atom stereocenters. The number of esters is 1. The van der Waals surface area contributed by atoms with Gasteiger partial charge >= 0.3 is 5.97 Å². The van der Waals surface area contributed by atoms with Crippen molar-refractivity contribution in [3.05, 3.63) is 75.3 Å². The van der Waals surface area contributed by atoms with E-state index in [0.717, 1.165) is 5.56 Å². The third-order valence-corrected chi connectivity index (χ3v) is 5.31. The Labute approximate surface area is 173 Å². The number of benzene rings is 2. The molecule has 1 aliphatic rings. The first-order valence-electron chi connectivity index (χ1n) is 9.57. The van der Waals surface area contributed by atoms with Gasteiger partial charge in [0.2, 0.25) is 11.7 Å². The molecule has 156 valence electrons. The summed E-state index contributed by atoms with van der Waals surface area (Å²) in [6.45, 7) is 3.16. The Hall–Kier alpha value is -3.55. The van der Waals surface area contributed by atoms with Crippen LogP contribution in [0.5, 0.6) is 0 Å². The van der Waals surface area contributed by atoms with Crippen LogP contribution < -0.4 is 0 Å². The maximum Gasteiger partial charge on any atom is 0.311 e. The summed E-state index contributed by atoms with van der Waals surface area (Å²) in [5, 5.41) is 11.0. The highest BCUT2D eigenvalue weighted by Crippen LogP contribution is 2.29. The van der Waals surface area contributed by atoms with Crippen LogP contribution in [0.4, 0.5) is 5.69 Å². The van der Waals surface area contributed by atoms with Crippen LogP contribution in [0.15, 0.2) is 48.5 Å². The van der Waals surface area contributed by atoms with Gasteiger partial charge in [-0.3, -0.25) is 24.5 Å². The lowest BCUT2D eigenvalue weighted by molar-refractivity contribution is -0.385. The molecule has 2 aromatic rings. The first-order valence-corrected chi connectivity index (χ1v) is 9.57. The molecule has 3 rings (SSSR count). The maximum absolute atomic E-state index is 12.4. The summed E-state index contributed by atoms with van der Waals surface area (Å²) in [5.41, 5.74) is 1.34. The predicted molar refractivity (Wildman–Crippen MR) is 108 cm³/mol. The van der Waals surface area contributed by atoms with Crippen LogP contribution in [0.2, 0.25) is 0 Å². The largest absolute Gasteiger partial charge is 0.457 e. The number of hydrogen-bond donors (Lipinski definition) is 0. The normalized spacial score (nSPS) is 16.9. The summed E-state index contributed by atoms with van der Waals surface area (Å²) in [6, 6.07) is 13.4. The van der Waals surface area contributed by atoms with Crippen molar-refractivity contribution in [2.45, 2.75) is 26.3 Å².